The van der Waals surface area contributed by atoms with Crippen LogP contribution < -0.4 is 10.8 Å². The first-order chi connectivity index (χ1) is 13.3. The van der Waals surface area contributed by atoms with E-state index in [1.807, 2.05) is 5.48 Å². The van der Waals surface area contributed by atoms with E-state index in [0.717, 1.165) is 12.1 Å². The lowest BCUT2D eigenvalue weighted by Crippen LogP contribution is -2.40. The molecule has 1 aromatic carbocycles. The largest absolute Gasteiger partial charge is 0.491 e. The molecule has 0 aliphatic heterocycles. The van der Waals surface area contributed by atoms with E-state index in [-0.39, 0.29) is 11.4 Å². The van der Waals surface area contributed by atoms with Crippen LogP contribution in [0, 0.1) is 10.1 Å². The molecule has 2 fully saturated rings. The molecule has 4 N–H and O–H groups in total. The second-order valence-corrected chi connectivity index (χ2v) is 8.49. The van der Waals surface area contributed by atoms with Crippen LogP contribution in [-0.4, -0.2) is 26.8 Å². The number of hydrogen-bond donors (Lipinski definition) is 4. The van der Waals surface area contributed by atoms with E-state index in [4.69, 9.17) is 9.79 Å². The van der Waals surface area contributed by atoms with E-state index in [1.165, 1.54) is 88.5 Å². The fraction of sp³-hybridized carbons (Fsp3) is 0.667. The Kier molecular flexibility index (Phi) is 9.34. The number of non-ortho nitro benzene ring substituents is 1. The predicted molar refractivity (Wildman–Crippen MR) is 107 cm³/mol. The zero-order chi connectivity index (χ0) is 20.4. The Morgan fingerprint density at radius 3 is 1.79 bits per heavy atom. The Morgan fingerprint density at radius 2 is 1.39 bits per heavy atom. The third-order valence-corrected chi connectivity index (χ3v) is 5.37. The Hall–Kier alpha value is -1.51. The van der Waals surface area contributed by atoms with Crippen LogP contribution >= 0.6 is 7.82 Å². The number of anilines is 1. The molecule has 0 aromatic heterocycles. The summed E-state index contributed by atoms with van der Waals surface area (Å²) in [5.74, 6) is 0. The first kappa shape index (κ1) is 22.8. The van der Waals surface area contributed by atoms with Gasteiger partial charge in [-0.05, 0) is 37.8 Å². The fourth-order valence-electron chi connectivity index (χ4n) is 3.64. The molecule has 28 heavy (non-hydrogen) atoms. The summed E-state index contributed by atoms with van der Waals surface area (Å²) in [6, 6.07) is 6.60. The molecule has 0 spiro atoms. The maximum atomic E-state index is 10.3. The highest BCUT2D eigenvalue weighted by molar-refractivity contribution is 7.46. The van der Waals surface area contributed by atoms with Gasteiger partial charge in [0.05, 0.1) is 10.6 Å². The van der Waals surface area contributed by atoms with E-state index in [1.54, 1.807) is 0 Å². The lowest BCUT2D eigenvalue weighted by molar-refractivity contribution is -0.384. The van der Waals surface area contributed by atoms with Crippen LogP contribution in [0.25, 0.3) is 0 Å². The van der Waals surface area contributed by atoms with Gasteiger partial charge >= 0.3 is 7.82 Å². The molecule has 158 valence electrons. The van der Waals surface area contributed by atoms with Crippen LogP contribution in [0.5, 0.6) is 0 Å². The van der Waals surface area contributed by atoms with Crippen LogP contribution in [0.2, 0.25) is 0 Å². The number of nitrogens with one attached hydrogen (secondary N) is 2. The van der Waals surface area contributed by atoms with Gasteiger partial charge in [0.2, 0.25) is 0 Å². The van der Waals surface area contributed by atoms with Crippen molar-refractivity contribution >= 4 is 19.2 Å². The normalized spacial score (nSPS) is 18.8. The predicted octanol–water partition coefficient (Wildman–Crippen LogP) is 4.27. The summed E-state index contributed by atoms with van der Waals surface area (Å²) in [5.41, 5.74) is 2.04. The summed E-state index contributed by atoms with van der Waals surface area (Å²) in [7, 11) is -4.61. The van der Waals surface area contributed by atoms with Crippen LogP contribution in [0.3, 0.4) is 0 Å². The van der Waals surface area contributed by atoms with Crippen molar-refractivity contribution in [1.29, 1.82) is 0 Å². The maximum absolute atomic E-state index is 10.3. The third kappa shape index (κ3) is 9.12. The smallest absolute Gasteiger partial charge is 0.311 e. The van der Waals surface area contributed by atoms with Crippen LogP contribution in [-0.2, 0) is 9.19 Å². The standard InChI is InChI=1S/C12H23N.C6H7N2O6P/c1-3-7-11(8-4-1)13-12-9-5-2-6-10-12;9-8(10)6-3-1-5(2-4-6)7-14-15(11,12)13/h11-13H,1-10H2;1-4,7H,(H2,11,12,13). The lowest BCUT2D eigenvalue weighted by Gasteiger charge is -2.30. The van der Waals surface area contributed by atoms with Gasteiger partial charge < -0.3 is 15.1 Å². The molecule has 10 heteroatoms. The molecule has 0 saturated heterocycles. The number of nitro benzene ring substituents is 1. The highest BCUT2D eigenvalue weighted by Gasteiger charge is 2.19. The third-order valence-electron chi connectivity index (χ3n) is 5.04. The van der Waals surface area contributed by atoms with Crippen molar-refractivity contribution in [3.63, 3.8) is 0 Å². The molecule has 0 radical (unpaired) electrons. The van der Waals surface area contributed by atoms with Crippen molar-refractivity contribution in [3.8, 4) is 0 Å². The van der Waals surface area contributed by atoms with Crippen molar-refractivity contribution in [3.05, 3.63) is 34.4 Å². The fourth-order valence-corrected chi connectivity index (χ4v) is 3.86. The second kappa shape index (κ2) is 11.5. The van der Waals surface area contributed by atoms with Crippen molar-refractivity contribution in [2.45, 2.75) is 76.3 Å². The summed E-state index contributed by atoms with van der Waals surface area (Å²) < 4.78 is 14.2. The van der Waals surface area contributed by atoms with Gasteiger partial charge in [-0.25, -0.2) is 4.57 Å². The molecular weight excluding hydrogens is 385 g/mol. The van der Waals surface area contributed by atoms with E-state index in [0.29, 0.717) is 0 Å². The van der Waals surface area contributed by atoms with E-state index >= 15 is 0 Å². The summed E-state index contributed by atoms with van der Waals surface area (Å²) in [4.78, 5) is 26.3. The van der Waals surface area contributed by atoms with Gasteiger partial charge in [-0.2, -0.15) is 4.62 Å². The molecule has 0 bridgehead atoms. The molecule has 0 amide bonds. The second-order valence-electron chi connectivity index (χ2n) is 7.32. The average molecular weight is 415 g/mol. The van der Waals surface area contributed by atoms with Gasteiger partial charge in [0.1, 0.15) is 0 Å². The zero-order valence-corrected chi connectivity index (χ0v) is 16.9. The van der Waals surface area contributed by atoms with Gasteiger partial charge in [-0.1, -0.05) is 38.5 Å². The molecule has 9 nitrogen and oxygen atoms in total. The molecule has 2 aliphatic carbocycles. The SMILES string of the molecule is C1CCC(NC2CCCCC2)CC1.O=[N+]([O-])c1ccc(NOP(=O)(O)O)cc1. The van der Waals surface area contributed by atoms with Crippen molar-refractivity contribution in [2.24, 2.45) is 0 Å². The average Bonchev–Trinajstić information content (AvgIpc) is 2.68. The van der Waals surface area contributed by atoms with Crippen LogP contribution in [0.1, 0.15) is 64.2 Å². The van der Waals surface area contributed by atoms with Gasteiger partial charge in [0.15, 0.2) is 0 Å². The minimum absolute atomic E-state index is 0.128. The topological polar surface area (TPSA) is 134 Å². The molecule has 2 aliphatic rings. The van der Waals surface area contributed by atoms with Gasteiger partial charge in [0.25, 0.3) is 5.69 Å². The van der Waals surface area contributed by atoms with E-state index in [9.17, 15) is 14.7 Å². The Morgan fingerprint density at radius 1 is 0.929 bits per heavy atom. The monoisotopic (exact) mass is 415 g/mol. The highest BCUT2D eigenvalue weighted by Crippen LogP contribution is 2.35. The Labute approximate surface area is 165 Å². The molecule has 1 aromatic rings. The van der Waals surface area contributed by atoms with Gasteiger partial charge in [-0.15, -0.1) is 0 Å². The van der Waals surface area contributed by atoms with E-state index < -0.39 is 12.7 Å². The minimum atomic E-state index is -4.61. The first-order valence-electron chi connectivity index (χ1n) is 9.84. The highest BCUT2D eigenvalue weighted by atomic mass is 31.2. The van der Waals surface area contributed by atoms with Crippen molar-refractivity contribution in [2.75, 3.05) is 5.48 Å². The molecular formula is C18H30N3O6P. The Balaban J connectivity index is 0.000000202. The summed E-state index contributed by atoms with van der Waals surface area (Å²) in [6.07, 6.45) is 14.6. The number of rotatable bonds is 6. The van der Waals surface area contributed by atoms with Crippen molar-refractivity contribution in [1.82, 2.24) is 5.32 Å². The van der Waals surface area contributed by atoms with Crippen molar-refractivity contribution < 1.29 is 23.9 Å². The summed E-state index contributed by atoms with van der Waals surface area (Å²) in [5, 5.41) is 14.1. The number of nitro groups is 1. The van der Waals surface area contributed by atoms with Gasteiger partial charge in [-0.3, -0.25) is 15.6 Å². The Bertz CT molecular complexity index is 623. The molecule has 3 rings (SSSR count). The maximum Gasteiger partial charge on any atom is 0.491 e. The van der Waals surface area contributed by atoms with E-state index in [2.05, 4.69) is 9.94 Å². The quantitative estimate of drug-likeness (QED) is 0.307. The molecule has 2 saturated carbocycles. The molecule has 0 heterocycles. The molecule has 0 atom stereocenters. The molecule has 0 unspecified atom stereocenters. The van der Waals surface area contributed by atoms with Crippen LogP contribution in [0.4, 0.5) is 11.4 Å². The number of hydrogen-bond acceptors (Lipinski definition) is 6. The minimum Gasteiger partial charge on any atom is -0.311 e. The number of nitrogens with zero attached hydrogens (tertiary/aromatic N) is 1. The summed E-state index contributed by atoms with van der Waals surface area (Å²) in [6.45, 7) is 0. The van der Waals surface area contributed by atoms with Crippen LogP contribution in [0.15, 0.2) is 24.3 Å². The summed E-state index contributed by atoms with van der Waals surface area (Å²) >= 11 is 0. The number of phosphoric acid groups is 1. The number of benzene rings is 1. The zero-order valence-electron chi connectivity index (χ0n) is 16.0. The first-order valence-corrected chi connectivity index (χ1v) is 11.4. The lowest BCUT2D eigenvalue weighted by atomic mass is 9.91. The van der Waals surface area contributed by atoms with Gasteiger partial charge in [0, 0.05) is 24.2 Å².